The van der Waals surface area contributed by atoms with Crippen LogP contribution in [0.15, 0.2) is 62.4 Å². The highest BCUT2D eigenvalue weighted by atomic mass is 35.5. The number of carbonyl (C=O) groups excluding carboxylic acids is 1. The van der Waals surface area contributed by atoms with E-state index in [4.69, 9.17) is 11.6 Å². The number of benzene rings is 1. The second-order valence-corrected chi connectivity index (χ2v) is 9.66. The van der Waals surface area contributed by atoms with Crippen LogP contribution in [0.25, 0.3) is 11.2 Å². The predicted molar refractivity (Wildman–Crippen MR) is 154 cm³/mol. The molecule has 11 nitrogen and oxygen atoms in total. The van der Waals surface area contributed by atoms with E-state index in [0.717, 1.165) is 28.5 Å². The van der Waals surface area contributed by atoms with Crippen LogP contribution in [0.3, 0.4) is 0 Å². The molecule has 4 aromatic rings. The van der Waals surface area contributed by atoms with Gasteiger partial charge in [-0.1, -0.05) is 11.6 Å². The Kier molecular flexibility index (Phi) is 8.60. The second kappa shape index (κ2) is 12.1. The third-order valence-electron chi connectivity index (χ3n) is 6.39. The van der Waals surface area contributed by atoms with Gasteiger partial charge in [0.05, 0.1) is 24.3 Å². The van der Waals surface area contributed by atoms with Gasteiger partial charge < -0.3 is 19.7 Å². The largest absolute Gasteiger partial charge is 0.360 e. The number of nitrogens with one attached hydrogen (secondary N) is 2. The smallest absolute Gasteiger partial charge is 0.332 e. The summed E-state index contributed by atoms with van der Waals surface area (Å²) in [6, 6.07) is 9.68. The fourth-order valence-electron chi connectivity index (χ4n) is 4.33. The molecule has 1 aliphatic heterocycles. The van der Waals surface area contributed by atoms with Crippen LogP contribution >= 0.6 is 11.6 Å². The predicted octanol–water partition coefficient (Wildman–Crippen LogP) is 3.15. The van der Waals surface area contributed by atoms with Gasteiger partial charge in [0.25, 0.3) is 5.56 Å². The van der Waals surface area contributed by atoms with Gasteiger partial charge in [-0.05, 0) is 50.1 Å². The lowest BCUT2D eigenvalue weighted by Gasteiger charge is -2.10. The van der Waals surface area contributed by atoms with Crippen molar-refractivity contribution in [3.63, 3.8) is 0 Å². The number of amidine groups is 1. The number of hydrogen-bond donors (Lipinski definition) is 2. The number of benzodiazepines with no additional fused rings is 1. The zero-order valence-corrected chi connectivity index (χ0v) is 23.1. The SMILES string of the molecule is CC(=O)CCCCn1c(=O)c2c(ncn2C)n(C)c1=O.CN=C1CN=C(c2ccc[nH]2)c2cc(Cl)ccc2N1. The van der Waals surface area contributed by atoms with Crippen LogP contribution in [0.2, 0.25) is 5.02 Å². The summed E-state index contributed by atoms with van der Waals surface area (Å²) in [5.41, 5.74) is 3.93. The van der Waals surface area contributed by atoms with E-state index in [1.807, 2.05) is 36.5 Å². The van der Waals surface area contributed by atoms with Crippen LogP contribution in [0.1, 0.15) is 37.4 Å². The molecular formula is C27H31ClN8O3. The Morgan fingerprint density at radius 3 is 2.67 bits per heavy atom. The van der Waals surface area contributed by atoms with Gasteiger partial charge in [0, 0.05) is 56.6 Å². The molecule has 204 valence electrons. The van der Waals surface area contributed by atoms with Crippen LogP contribution in [0.4, 0.5) is 5.69 Å². The molecule has 2 N–H and O–H groups in total. The number of unbranched alkanes of at least 4 members (excludes halogenated alkanes) is 1. The van der Waals surface area contributed by atoms with E-state index >= 15 is 0 Å². The molecule has 0 spiro atoms. The van der Waals surface area contributed by atoms with Crippen molar-refractivity contribution in [2.75, 3.05) is 18.9 Å². The van der Waals surface area contributed by atoms with Gasteiger partial charge in [0.1, 0.15) is 11.6 Å². The number of fused-ring (bicyclic) bond motifs is 2. The zero-order valence-electron chi connectivity index (χ0n) is 22.4. The van der Waals surface area contributed by atoms with E-state index in [0.29, 0.717) is 48.5 Å². The standard InChI is InChI=1S/C14H13ClN4.C13H18N4O3/c1-16-13-8-18-14(12-3-2-6-17-12)10-7-9(15)4-5-11(10)19-13;1-9(18)6-4-5-7-17-12(19)10-11(14-8-15(10)2)16(3)13(17)20/h2-7,17H,8H2,1H3,(H,16,19);8H,4-7H2,1-3H3. The number of aryl methyl sites for hydroxylation is 2. The number of ketones is 1. The summed E-state index contributed by atoms with van der Waals surface area (Å²) in [5, 5.41) is 3.98. The Labute approximate surface area is 229 Å². The molecule has 0 saturated carbocycles. The minimum absolute atomic E-state index is 0.118. The minimum atomic E-state index is -0.371. The average molecular weight is 551 g/mol. The van der Waals surface area contributed by atoms with Crippen LogP contribution in [0.5, 0.6) is 0 Å². The third kappa shape index (κ3) is 6.09. The topological polar surface area (TPSA) is 131 Å². The fourth-order valence-corrected chi connectivity index (χ4v) is 4.50. The first-order chi connectivity index (χ1) is 18.7. The maximum atomic E-state index is 12.3. The number of imidazole rings is 1. The molecule has 0 unspecified atom stereocenters. The highest BCUT2D eigenvalue weighted by Gasteiger charge is 2.18. The maximum absolute atomic E-state index is 12.3. The van der Waals surface area contributed by atoms with Crippen LogP contribution < -0.4 is 16.6 Å². The van der Waals surface area contributed by atoms with Gasteiger partial charge in [-0.3, -0.25) is 23.9 Å². The Morgan fingerprint density at radius 2 is 1.97 bits per heavy atom. The molecule has 3 aromatic heterocycles. The molecule has 0 bridgehead atoms. The van der Waals surface area contributed by atoms with Crippen LogP contribution in [-0.2, 0) is 25.4 Å². The van der Waals surface area contributed by atoms with Gasteiger partial charge in [-0.25, -0.2) is 9.78 Å². The molecule has 1 aliphatic rings. The monoisotopic (exact) mass is 550 g/mol. The normalized spacial score (nSPS) is 13.8. The van der Waals surface area contributed by atoms with Gasteiger partial charge in [0.15, 0.2) is 11.2 Å². The number of aromatic amines is 1. The Bertz CT molecular complexity index is 1680. The highest BCUT2D eigenvalue weighted by molar-refractivity contribution is 6.31. The lowest BCUT2D eigenvalue weighted by molar-refractivity contribution is -0.117. The third-order valence-corrected chi connectivity index (χ3v) is 6.62. The Morgan fingerprint density at radius 1 is 1.18 bits per heavy atom. The lowest BCUT2D eigenvalue weighted by atomic mass is 10.1. The van der Waals surface area contributed by atoms with Crippen molar-refractivity contribution in [2.45, 2.75) is 32.7 Å². The van der Waals surface area contributed by atoms with Gasteiger partial charge in [-0.15, -0.1) is 0 Å². The van der Waals surface area contributed by atoms with Crippen molar-refractivity contribution in [3.8, 4) is 0 Å². The summed E-state index contributed by atoms with van der Waals surface area (Å²) in [4.78, 5) is 51.5. The van der Waals surface area contributed by atoms with Crippen molar-refractivity contribution in [1.82, 2.24) is 23.7 Å². The quantitative estimate of drug-likeness (QED) is 0.356. The van der Waals surface area contributed by atoms with Crippen LogP contribution in [-0.4, -0.2) is 54.6 Å². The second-order valence-electron chi connectivity index (χ2n) is 9.22. The number of carbonyl (C=O) groups is 1. The van der Waals surface area contributed by atoms with Crippen LogP contribution in [0, 0.1) is 0 Å². The molecular weight excluding hydrogens is 520 g/mol. The summed E-state index contributed by atoms with van der Waals surface area (Å²) in [7, 11) is 5.08. The molecule has 4 heterocycles. The van der Waals surface area contributed by atoms with Crippen molar-refractivity contribution < 1.29 is 4.79 Å². The van der Waals surface area contributed by atoms with E-state index in [-0.39, 0.29) is 17.0 Å². The summed E-state index contributed by atoms with van der Waals surface area (Å²) in [6.45, 7) is 2.38. The minimum Gasteiger partial charge on any atom is -0.360 e. The van der Waals surface area contributed by atoms with E-state index in [2.05, 4.69) is 25.3 Å². The van der Waals surface area contributed by atoms with E-state index in [1.165, 1.54) is 22.4 Å². The maximum Gasteiger partial charge on any atom is 0.332 e. The molecule has 0 fully saturated rings. The number of halogens is 1. The van der Waals surface area contributed by atoms with Gasteiger partial charge in [0.2, 0.25) is 0 Å². The van der Waals surface area contributed by atoms with Crippen molar-refractivity contribution in [3.05, 3.63) is 80.0 Å². The summed E-state index contributed by atoms with van der Waals surface area (Å²) in [5.74, 6) is 0.956. The molecule has 5 rings (SSSR count). The molecule has 0 saturated heterocycles. The first-order valence-corrected chi connectivity index (χ1v) is 12.9. The number of rotatable bonds is 6. The molecule has 0 amide bonds. The molecule has 0 atom stereocenters. The summed E-state index contributed by atoms with van der Waals surface area (Å²) in [6.07, 6.45) is 5.18. The first kappa shape index (κ1) is 27.8. The zero-order chi connectivity index (χ0) is 28.1. The van der Waals surface area contributed by atoms with Crippen molar-refractivity contribution in [2.24, 2.45) is 24.1 Å². The molecule has 39 heavy (non-hydrogen) atoms. The van der Waals surface area contributed by atoms with Gasteiger partial charge >= 0.3 is 5.69 Å². The summed E-state index contributed by atoms with van der Waals surface area (Å²) >= 11 is 6.10. The van der Waals surface area contributed by atoms with Crippen molar-refractivity contribution in [1.29, 1.82) is 0 Å². The number of Topliss-reactive ketones (excluding diaryl/α,β-unsaturated/α-hetero) is 1. The number of nitrogens with zero attached hydrogens (tertiary/aromatic N) is 6. The highest BCUT2D eigenvalue weighted by Crippen LogP contribution is 2.25. The van der Waals surface area contributed by atoms with Gasteiger partial charge in [-0.2, -0.15) is 0 Å². The number of aliphatic imine (C=N–C) groups is 2. The first-order valence-electron chi connectivity index (χ1n) is 12.5. The number of anilines is 1. The average Bonchev–Trinajstić information content (AvgIpc) is 3.54. The van der Waals surface area contributed by atoms with E-state index in [9.17, 15) is 14.4 Å². The Balaban J connectivity index is 0.000000181. The summed E-state index contributed by atoms with van der Waals surface area (Å²) < 4.78 is 4.20. The molecule has 12 heteroatoms. The molecule has 1 aromatic carbocycles. The number of aromatic nitrogens is 5. The molecule has 0 radical (unpaired) electrons. The lowest BCUT2D eigenvalue weighted by Crippen LogP contribution is -2.39. The fraction of sp³-hybridized carbons (Fsp3) is 0.333. The Hall–Kier alpha value is -4.25. The number of hydrogen-bond acceptors (Lipinski definition) is 6. The molecule has 0 aliphatic carbocycles. The number of H-pyrrole nitrogens is 1. The van der Waals surface area contributed by atoms with E-state index < -0.39 is 0 Å². The van der Waals surface area contributed by atoms with Crippen molar-refractivity contribution >= 4 is 45.8 Å². The van der Waals surface area contributed by atoms with E-state index in [1.54, 1.807) is 25.7 Å².